The van der Waals surface area contributed by atoms with Crippen LogP contribution in [0, 0.1) is 0 Å². The first-order valence-corrected chi connectivity index (χ1v) is 9.12. The summed E-state index contributed by atoms with van der Waals surface area (Å²) in [6, 6.07) is 18.8. The molecule has 0 aliphatic carbocycles. The molecule has 136 valence electrons. The number of benzene rings is 2. The van der Waals surface area contributed by atoms with Gasteiger partial charge in [0.2, 0.25) is 0 Å². The lowest BCUT2D eigenvalue weighted by Gasteiger charge is -2.22. The van der Waals surface area contributed by atoms with Crippen molar-refractivity contribution >= 4 is 0 Å². The summed E-state index contributed by atoms with van der Waals surface area (Å²) in [5.74, 6) is 0.958. The predicted molar refractivity (Wildman–Crippen MR) is 104 cm³/mol. The zero-order chi connectivity index (χ0) is 18.0. The van der Waals surface area contributed by atoms with Gasteiger partial charge in [-0.25, -0.2) is 0 Å². The Balaban J connectivity index is 1.54. The summed E-state index contributed by atoms with van der Waals surface area (Å²) in [5.41, 5.74) is 2.68. The first-order valence-electron chi connectivity index (χ1n) is 9.12. The van der Waals surface area contributed by atoms with Crippen LogP contribution in [0.25, 0.3) is 0 Å². The lowest BCUT2D eigenvalue weighted by Crippen LogP contribution is -2.23. The van der Waals surface area contributed by atoms with Crippen LogP contribution in [0.3, 0.4) is 0 Å². The maximum atomic E-state index is 5.90. The molecule has 0 bridgehead atoms. The van der Waals surface area contributed by atoms with Gasteiger partial charge < -0.3 is 14.8 Å². The molecule has 0 heterocycles. The Bertz CT molecular complexity index is 605. The largest absolute Gasteiger partial charge is 0.491 e. The number of hydrogen-bond donors (Lipinski definition) is 1. The maximum Gasteiger partial charge on any atom is 0.123 e. The second-order valence-electron chi connectivity index (χ2n) is 7.19. The summed E-state index contributed by atoms with van der Waals surface area (Å²) in [6.07, 6.45) is 1.05. The van der Waals surface area contributed by atoms with E-state index in [4.69, 9.17) is 9.47 Å². The van der Waals surface area contributed by atoms with Gasteiger partial charge in [0.25, 0.3) is 0 Å². The molecule has 2 aromatic rings. The number of ether oxygens (including phenoxy) is 2. The Morgan fingerprint density at radius 1 is 0.800 bits per heavy atom. The van der Waals surface area contributed by atoms with Gasteiger partial charge in [0.05, 0.1) is 13.2 Å². The van der Waals surface area contributed by atoms with E-state index in [-0.39, 0.29) is 5.41 Å². The molecule has 0 unspecified atom stereocenters. The zero-order valence-electron chi connectivity index (χ0n) is 15.8. The molecule has 3 heteroatoms. The molecule has 0 atom stereocenters. The van der Waals surface area contributed by atoms with Crippen molar-refractivity contribution in [3.63, 3.8) is 0 Å². The average molecular weight is 341 g/mol. The molecule has 25 heavy (non-hydrogen) atoms. The molecule has 2 rings (SSSR count). The van der Waals surface area contributed by atoms with Crippen LogP contribution < -0.4 is 10.1 Å². The summed E-state index contributed by atoms with van der Waals surface area (Å²) in [5, 5.41) is 3.41. The normalized spacial score (nSPS) is 11.5. The highest BCUT2D eigenvalue weighted by Gasteiger charge is 2.18. The van der Waals surface area contributed by atoms with Crippen molar-refractivity contribution in [2.24, 2.45) is 0 Å². The quantitative estimate of drug-likeness (QED) is 0.657. The average Bonchev–Trinajstić information content (AvgIpc) is 2.61. The molecule has 0 aromatic heterocycles. The fourth-order valence-electron chi connectivity index (χ4n) is 2.67. The number of hydrogen-bond acceptors (Lipinski definition) is 3. The minimum absolute atomic E-state index is 0.0835. The molecule has 3 nitrogen and oxygen atoms in total. The van der Waals surface area contributed by atoms with Crippen LogP contribution in [0.15, 0.2) is 54.6 Å². The van der Waals surface area contributed by atoms with Crippen LogP contribution in [-0.4, -0.2) is 32.9 Å². The fourth-order valence-corrected chi connectivity index (χ4v) is 2.67. The summed E-state index contributed by atoms with van der Waals surface area (Å²) in [4.78, 5) is 0. The van der Waals surface area contributed by atoms with Crippen molar-refractivity contribution in [2.75, 3.05) is 32.9 Å². The van der Waals surface area contributed by atoms with Gasteiger partial charge in [-0.05, 0) is 35.6 Å². The highest BCUT2D eigenvalue weighted by molar-refractivity contribution is 5.38. The highest BCUT2D eigenvalue weighted by Crippen LogP contribution is 2.30. The van der Waals surface area contributed by atoms with Crippen molar-refractivity contribution in [1.82, 2.24) is 5.32 Å². The summed E-state index contributed by atoms with van der Waals surface area (Å²) >= 11 is 0. The zero-order valence-corrected chi connectivity index (χ0v) is 15.8. The van der Waals surface area contributed by atoms with Gasteiger partial charge in [0.15, 0.2) is 0 Å². The fraction of sp³-hybridized carbons (Fsp3) is 0.455. The van der Waals surface area contributed by atoms with Crippen molar-refractivity contribution in [3.8, 4) is 5.75 Å². The summed E-state index contributed by atoms with van der Waals surface area (Å²) < 4.78 is 11.5. The van der Waals surface area contributed by atoms with E-state index in [1.165, 1.54) is 11.1 Å². The number of para-hydroxylation sites is 1. The number of nitrogens with one attached hydrogen (secondary N) is 1. The Morgan fingerprint density at radius 2 is 1.52 bits per heavy atom. The minimum Gasteiger partial charge on any atom is -0.491 e. The molecular formula is C22H31NO2. The Labute approximate surface area is 152 Å². The van der Waals surface area contributed by atoms with E-state index in [1.54, 1.807) is 0 Å². The van der Waals surface area contributed by atoms with Gasteiger partial charge in [-0.2, -0.15) is 0 Å². The highest BCUT2D eigenvalue weighted by atomic mass is 16.5. The summed E-state index contributed by atoms with van der Waals surface area (Å²) in [6.45, 7) is 10.3. The van der Waals surface area contributed by atoms with Crippen molar-refractivity contribution in [3.05, 3.63) is 65.7 Å². The van der Waals surface area contributed by atoms with E-state index in [2.05, 4.69) is 62.5 Å². The molecule has 0 spiro atoms. The Hall–Kier alpha value is -1.84. The van der Waals surface area contributed by atoms with E-state index >= 15 is 0 Å². The van der Waals surface area contributed by atoms with Crippen LogP contribution in [0.5, 0.6) is 5.75 Å². The third kappa shape index (κ3) is 7.29. The predicted octanol–water partition coefficient (Wildman–Crippen LogP) is 4.21. The molecule has 0 amide bonds. The van der Waals surface area contributed by atoms with Crippen LogP contribution >= 0.6 is 0 Å². The third-order valence-corrected chi connectivity index (χ3v) is 4.04. The number of rotatable bonds is 10. The molecule has 2 aromatic carbocycles. The van der Waals surface area contributed by atoms with Gasteiger partial charge in [0.1, 0.15) is 12.4 Å². The Morgan fingerprint density at radius 3 is 2.28 bits per heavy atom. The topological polar surface area (TPSA) is 30.5 Å². The van der Waals surface area contributed by atoms with Crippen LogP contribution in [0.4, 0.5) is 0 Å². The molecule has 0 aliphatic heterocycles. The van der Waals surface area contributed by atoms with E-state index in [0.29, 0.717) is 19.8 Å². The first-order chi connectivity index (χ1) is 12.1. The smallest absolute Gasteiger partial charge is 0.123 e. The van der Waals surface area contributed by atoms with E-state index < -0.39 is 0 Å². The van der Waals surface area contributed by atoms with E-state index in [0.717, 1.165) is 25.3 Å². The molecule has 0 saturated carbocycles. The van der Waals surface area contributed by atoms with E-state index in [1.807, 2.05) is 18.2 Å². The monoisotopic (exact) mass is 341 g/mol. The maximum absolute atomic E-state index is 5.90. The van der Waals surface area contributed by atoms with Crippen LogP contribution in [0.1, 0.15) is 31.9 Å². The van der Waals surface area contributed by atoms with Crippen LogP contribution in [0.2, 0.25) is 0 Å². The van der Waals surface area contributed by atoms with Gasteiger partial charge in [-0.15, -0.1) is 0 Å². The van der Waals surface area contributed by atoms with Crippen molar-refractivity contribution < 1.29 is 9.47 Å². The van der Waals surface area contributed by atoms with Gasteiger partial charge in [-0.1, -0.05) is 69.3 Å². The lowest BCUT2D eigenvalue weighted by molar-refractivity contribution is 0.101. The van der Waals surface area contributed by atoms with Crippen molar-refractivity contribution in [2.45, 2.75) is 32.6 Å². The van der Waals surface area contributed by atoms with E-state index in [9.17, 15) is 0 Å². The SMILES string of the molecule is CC(C)(C)c1ccccc1OCCOCCNCCc1ccccc1. The molecular weight excluding hydrogens is 310 g/mol. The summed E-state index contributed by atoms with van der Waals surface area (Å²) in [7, 11) is 0. The van der Waals surface area contributed by atoms with Gasteiger partial charge in [-0.3, -0.25) is 0 Å². The second-order valence-corrected chi connectivity index (χ2v) is 7.19. The third-order valence-electron chi connectivity index (χ3n) is 4.04. The minimum atomic E-state index is 0.0835. The first kappa shape index (κ1) is 19.5. The van der Waals surface area contributed by atoms with Gasteiger partial charge in [0, 0.05) is 6.54 Å². The molecule has 0 aliphatic rings. The molecule has 1 N–H and O–H groups in total. The Kier molecular flexibility index (Phi) is 7.96. The van der Waals surface area contributed by atoms with Crippen molar-refractivity contribution in [1.29, 1.82) is 0 Å². The lowest BCUT2D eigenvalue weighted by atomic mass is 9.86. The second kappa shape index (κ2) is 10.2. The molecule has 0 saturated heterocycles. The van der Waals surface area contributed by atoms with Gasteiger partial charge >= 0.3 is 0 Å². The molecule has 0 radical (unpaired) electrons. The molecule has 0 fully saturated rings. The van der Waals surface area contributed by atoms with Crippen LogP contribution in [-0.2, 0) is 16.6 Å². The standard InChI is InChI=1S/C22H31NO2/c1-22(2,3)20-11-7-8-12-21(20)25-18-17-24-16-15-23-14-13-19-9-5-4-6-10-19/h4-12,23H,13-18H2,1-3H3.